The van der Waals surface area contributed by atoms with Gasteiger partial charge in [-0.05, 0) is 55.4 Å². The molecule has 1 saturated heterocycles. The van der Waals surface area contributed by atoms with Crippen molar-refractivity contribution in [3.8, 4) is 0 Å². The fraction of sp³-hybridized carbons (Fsp3) is 0.435. The van der Waals surface area contributed by atoms with E-state index in [0.717, 1.165) is 25.2 Å². The maximum absolute atomic E-state index is 13.0. The van der Waals surface area contributed by atoms with E-state index in [2.05, 4.69) is 24.1 Å². The Morgan fingerprint density at radius 3 is 2.32 bits per heavy atom. The number of carbonyl (C=O) groups is 1. The van der Waals surface area contributed by atoms with Gasteiger partial charge in [0, 0.05) is 30.9 Å². The number of anilines is 1. The molecule has 0 saturated carbocycles. The Bertz CT molecular complexity index is 996. The van der Waals surface area contributed by atoms with Crippen molar-refractivity contribution in [1.29, 1.82) is 0 Å². The quantitative estimate of drug-likeness (QED) is 0.676. The molecule has 1 fully saturated rings. The first-order valence-corrected chi connectivity index (χ1v) is 12.1. The van der Waals surface area contributed by atoms with Gasteiger partial charge >= 0.3 is 0 Å². The molecule has 8 heteroatoms. The minimum absolute atomic E-state index is 0.210. The Balaban J connectivity index is 1.74. The third-order valence-electron chi connectivity index (χ3n) is 5.55. The minimum atomic E-state index is -3.64. The zero-order chi connectivity index (χ0) is 22.4. The second-order valence-corrected chi connectivity index (χ2v) is 9.52. The number of sulfonamides is 1. The molecule has 0 aliphatic carbocycles. The number of benzene rings is 2. The highest BCUT2D eigenvalue weighted by Gasteiger charge is 2.28. The van der Waals surface area contributed by atoms with Crippen LogP contribution in [-0.4, -0.2) is 62.9 Å². The molecule has 7 nitrogen and oxygen atoms in total. The van der Waals surface area contributed by atoms with Crippen molar-refractivity contribution in [1.82, 2.24) is 9.21 Å². The van der Waals surface area contributed by atoms with Gasteiger partial charge in [0.05, 0.1) is 18.1 Å². The van der Waals surface area contributed by atoms with E-state index in [0.29, 0.717) is 43.1 Å². The van der Waals surface area contributed by atoms with Crippen LogP contribution in [0.3, 0.4) is 0 Å². The zero-order valence-electron chi connectivity index (χ0n) is 18.4. The highest BCUT2D eigenvalue weighted by molar-refractivity contribution is 7.89. The lowest BCUT2D eigenvalue weighted by Gasteiger charge is -2.26. The molecular weight excluding hydrogens is 414 g/mol. The van der Waals surface area contributed by atoms with Gasteiger partial charge in [-0.25, -0.2) is 8.42 Å². The monoisotopic (exact) mass is 445 g/mol. The summed E-state index contributed by atoms with van der Waals surface area (Å²) in [7, 11) is -3.64. The van der Waals surface area contributed by atoms with E-state index in [1.54, 1.807) is 31.2 Å². The number of hydrogen-bond acceptors (Lipinski definition) is 5. The smallest absolute Gasteiger partial charge is 0.255 e. The Morgan fingerprint density at radius 2 is 1.71 bits per heavy atom. The predicted octanol–water partition coefficient (Wildman–Crippen LogP) is 3.11. The van der Waals surface area contributed by atoms with E-state index < -0.39 is 10.0 Å². The molecule has 1 aliphatic heterocycles. The fourth-order valence-electron chi connectivity index (χ4n) is 3.55. The average Bonchev–Trinajstić information content (AvgIpc) is 2.79. The molecule has 1 amide bonds. The normalized spacial score (nSPS) is 15.2. The lowest BCUT2D eigenvalue weighted by Crippen LogP contribution is -2.40. The molecule has 0 unspecified atom stereocenters. The van der Waals surface area contributed by atoms with Crippen molar-refractivity contribution >= 4 is 21.6 Å². The van der Waals surface area contributed by atoms with E-state index in [9.17, 15) is 13.2 Å². The van der Waals surface area contributed by atoms with Gasteiger partial charge in [-0.15, -0.1) is 0 Å². The van der Waals surface area contributed by atoms with Gasteiger partial charge < -0.3 is 10.1 Å². The number of amides is 1. The van der Waals surface area contributed by atoms with Crippen LogP contribution in [0.4, 0.5) is 5.69 Å². The maximum atomic E-state index is 13.0. The average molecular weight is 446 g/mol. The number of morpholine rings is 1. The third-order valence-corrected chi connectivity index (χ3v) is 7.59. The lowest BCUT2D eigenvalue weighted by atomic mass is 10.1. The van der Waals surface area contributed by atoms with Crippen LogP contribution in [0, 0.1) is 6.92 Å². The fourth-order valence-corrected chi connectivity index (χ4v) is 5.21. The van der Waals surface area contributed by atoms with Crippen LogP contribution >= 0.6 is 0 Å². The molecule has 1 N–H and O–H groups in total. The van der Waals surface area contributed by atoms with Gasteiger partial charge in [-0.1, -0.05) is 32.0 Å². The minimum Gasteiger partial charge on any atom is -0.379 e. The summed E-state index contributed by atoms with van der Waals surface area (Å²) in [5, 5.41) is 2.83. The highest BCUT2D eigenvalue weighted by atomic mass is 32.2. The summed E-state index contributed by atoms with van der Waals surface area (Å²) in [5.41, 5.74) is 2.77. The Morgan fingerprint density at radius 1 is 1.06 bits per heavy atom. The van der Waals surface area contributed by atoms with E-state index in [1.807, 2.05) is 12.1 Å². The molecule has 0 radical (unpaired) electrons. The summed E-state index contributed by atoms with van der Waals surface area (Å²) in [6, 6.07) is 12.5. The standard InChI is InChI=1S/C23H31N3O4S/c1-4-25(5-2)17-19-7-9-20(10-8-19)23(27)24-21-11-6-18(3)22(16-21)31(28,29)26-12-14-30-15-13-26/h6-11,16H,4-5,12-15,17H2,1-3H3,(H,24,27). The van der Waals surface area contributed by atoms with Gasteiger partial charge in [0.15, 0.2) is 0 Å². The van der Waals surface area contributed by atoms with E-state index in [4.69, 9.17) is 4.74 Å². The van der Waals surface area contributed by atoms with Crippen LogP contribution in [0.1, 0.15) is 35.3 Å². The number of nitrogens with zero attached hydrogens (tertiary/aromatic N) is 2. The van der Waals surface area contributed by atoms with Crippen molar-refractivity contribution in [2.45, 2.75) is 32.2 Å². The SMILES string of the molecule is CCN(CC)Cc1ccc(C(=O)Nc2ccc(C)c(S(=O)(=O)N3CCOCC3)c2)cc1. The molecule has 31 heavy (non-hydrogen) atoms. The summed E-state index contributed by atoms with van der Waals surface area (Å²) in [4.78, 5) is 15.2. The topological polar surface area (TPSA) is 79.0 Å². The van der Waals surface area contributed by atoms with Crippen LogP contribution in [0.15, 0.2) is 47.4 Å². The van der Waals surface area contributed by atoms with Crippen LogP contribution < -0.4 is 5.32 Å². The van der Waals surface area contributed by atoms with Gasteiger partial charge in [0.2, 0.25) is 10.0 Å². The highest BCUT2D eigenvalue weighted by Crippen LogP contribution is 2.25. The lowest BCUT2D eigenvalue weighted by molar-refractivity contribution is 0.0730. The number of carbonyl (C=O) groups excluding carboxylic acids is 1. The van der Waals surface area contributed by atoms with Gasteiger partial charge in [0.25, 0.3) is 5.91 Å². The Labute approximate surface area is 185 Å². The molecule has 0 bridgehead atoms. The van der Waals surface area contributed by atoms with Gasteiger partial charge in [0.1, 0.15) is 0 Å². The predicted molar refractivity (Wildman–Crippen MR) is 122 cm³/mol. The first-order valence-electron chi connectivity index (χ1n) is 10.7. The van der Waals surface area contributed by atoms with Gasteiger partial charge in [-0.3, -0.25) is 9.69 Å². The molecular formula is C23H31N3O4S. The molecule has 1 heterocycles. The maximum Gasteiger partial charge on any atom is 0.255 e. The Hall–Kier alpha value is -2.26. The van der Waals surface area contributed by atoms with Crippen LogP contribution in [0.5, 0.6) is 0 Å². The molecule has 3 rings (SSSR count). The summed E-state index contributed by atoms with van der Waals surface area (Å²) in [6.07, 6.45) is 0. The first kappa shape index (κ1) is 23.4. The van der Waals surface area contributed by atoms with Crippen LogP contribution in [-0.2, 0) is 21.3 Å². The first-order chi connectivity index (χ1) is 14.8. The second kappa shape index (κ2) is 10.4. The summed E-state index contributed by atoms with van der Waals surface area (Å²) >= 11 is 0. The van der Waals surface area contributed by atoms with Crippen molar-refractivity contribution in [2.75, 3.05) is 44.7 Å². The second-order valence-electron chi connectivity index (χ2n) is 7.61. The van der Waals surface area contributed by atoms with Crippen molar-refractivity contribution < 1.29 is 17.9 Å². The van der Waals surface area contributed by atoms with Crippen molar-refractivity contribution in [3.63, 3.8) is 0 Å². The van der Waals surface area contributed by atoms with Gasteiger partial charge in [-0.2, -0.15) is 4.31 Å². The number of nitrogens with one attached hydrogen (secondary N) is 1. The van der Waals surface area contributed by atoms with E-state index in [1.165, 1.54) is 10.4 Å². The number of aryl methyl sites for hydroxylation is 1. The van der Waals surface area contributed by atoms with Crippen molar-refractivity contribution in [2.24, 2.45) is 0 Å². The molecule has 1 aliphatic rings. The molecule has 168 valence electrons. The zero-order valence-corrected chi connectivity index (χ0v) is 19.2. The Kier molecular flexibility index (Phi) is 7.83. The number of hydrogen-bond donors (Lipinski definition) is 1. The largest absolute Gasteiger partial charge is 0.379 e. The molecule has 0 spiro atoms. The summed E-state index contributed by atoms with van der Waals surface area (Å²) in [6.45, 7) is 10.2. The number of ether oxygens (including phenoxy) is 1. The van der Waals surface area contributed by atoms with Crippen LogP contribution in [0.2, 0.25) is 0 Å². The van der Waals surface area contributed by atoms with E-state index in [-0.39, 0.29) is 10.8 Å². The third kappa shape index (κ3) is 5.71. The molecule has 2 aromatic carbocycles. The molecule has 0 atom stereocenters. The molecule has 0 aromatic heterocycles. The summed E-state index contributed by atoms with van der Waals surface area (Å²) < 4.78 is 32.8. The van der Waals surface area contributed by atoms with Crippen LogP contribution in [0.25, 0.3) is 0 Å². The van der Waals surface area contributed by atoms with E-state index >= 15 is 0 Å². The molecule has 2 aromatic rings. The summed E-state index contributed by atoms with van der Waals surface area (Å²) in [5.74, 6) is -0.270. The van der Waals surface area contributed by atoms with Crippen molar-refractivity contribution in [3.05, 3.63) is 59.2 Å². The number of rotatable bonds is 8.